The zero-order valence-corrected chi connectivity index (χ0v) is 8.74. The summed E-state index contributed by atoms with van der Waals surface area (Å²) in [6, 6.07) is 1.68. The van der Waals surface area contributed by atoms with Gasteiger partial charge >= 0.3 is 5.97 Å². The molecule has 78 valence electrons. The van der Waals surface area contributed by atoms with E-state index in [1.54, 1.807) is 17.7 Å². The number of hydrogen-bond acceptors (Lipinski definition) is 2. The molecule has 0 aliphatic heterocycles. The fourth-order valence-corrected chi connectivity index (χ4v) is 1.81. The van der Waals surface area contributed by atoms with Crippen LogP contribution in [0.1, 0.15) is 34.6 Å². The van der Waals surface area contributed by atoms with E-state index in [1.807, 2.05) is 13.8 Å². The second-order valence-electron chi connectivity index (χ2n) is 3.60. The van der Waals surface area contributed by atoms with Crippen molar-refractivity contribution in [3.05, 3.63) is 23.0 Å². The molecule has 1 aromatic rings. The summed E-state index contributed by atoms with van der Waals surface area (Å²) >= 11 is 0. The van der Waals surface area contributed by atoms with Crippen LogP contribution in [0.3, 0.4) is 0 Å². The normalized spacial score (nSPS) is 12.9. The van der Waals surface area contributed by atoms with Gasteiger partial charge < -0.3 is 15.4 Å². The van der Waals surface area contributed by atoms with Gasteiger partial charge in [0.1, 0.15) is 5.69 Å². The Hall–Kier alpha value is -1.29. The summed E-state index contributed by atoms with van der Waals surface area (Å²) < 4.78 is 1.70. The molecule has 4 nitrogen and oxygen atoms in total. The molecule has 4 heteroatoms. The molecule has 1 unspecified atom stereocenters. The van der Waals surface area contributed by atoms with Crippen molar-refractivity contribution in [2.24, 2.45) is 12.8 Å². The molecule has 0 amide bonds. The topological polar surface area (TPSA) is 68.2 Å². The van der Waals surface area contributed by atoms with Crippen molar-refractivity contribution < 1.29 is 9.90 Å². The van der Waals surface area contributed by atoms with Gasteiger partial charge in [0.25, 0.3) is 0 Å². The van der Waals surface area contributed by atoms with Crippen molar-refractivity contribution in [3.63, 3.8) is 0 Å². The maximum atomic E-state index is 10.8. The minimum atomic E-state index is -0.897. The monoisotopic (exact) mass is 196 g/mol. The molecule has 14 heavy (non-hydrogen) atoms. The molecule has 0 fully saturated rings. The Balaban J connectivity index is 3.24. The average Bonchev–Trinajstić information content (AvgIpc) is 2.41. The second kappa shape index (κ2) is 3.84. The van der Waals surface area contributed by atoms with Gasteiger partial charge in [-0.1, -0.05) is 6.92 Å². The Kier molecular flexibility index (Phi) is 2.96. The SMILES string of the molecule is Cc1cc(C(=O)O)n(C)c1C(C)CN. The van der Waals surface area contributed by atoms with E-state index in [-0.39, 0.29) is 5.92 Å². The van der Waals surface area contributed by atoms with Gasteiger partial charge in [0.15, 0.2) is 0 Å². The van der Waals surface area contributed by atoms with Gasteiger partial charge in [-0.2, -0.15) is 0 Å². The first-order valence-electron chi connectivity index (χ1n) is 4.58. The molecule has 1 heterocycles. The third-order valence-corrected chi connectivity index (χ3v) is 2.52. The van der Waals surface area contributed by atoms with Gasteiger partial charge in [-0.3, -0.25) is 0 Å². The lowest BCUT2D eigenvalue weighted by atomic mass is 10.1. The summed E-state index contributed by atoms with van der Waals surface area (Å²) in [6.07, 6.45) is 0. The number of carboxylic acids is 1. The number of carbonyl (C=O) groups is 1. The van der Waals surface area contributed by atoms with Crippen LogP contribution in [0.15, 0.2) is 6.07 Å². The summed E-state index contributed by atoms with van der Waals surface area (Å²) in [5.41, 5.74) is 7.88. The number of nitrogens with two attached hydrogens (primary N) is 1. The lowest BCUT2D eigenvalue weighted by molar-refractivity contribution is 0.0686. The van der Waals surface area contributed by atoms with E-state index in [0.717, 1.165) is 11.3 Å². The largest absolute Gasteiger partial charge is 0.477 e. The first-order chi connectivity index (χ1) is 6.49. The molecule has 0 saturated carbocycles. The minimum absolute atomic E-state index is 0.188. The highest BCUT2D eigenvalue weighted by Crippen LogP contribution is 2.21. The number of hydrogen-bond donors (Lipinski definition) is 2. The first kappa shape index (κ1) is 10.8. The molecule has 0 radical (unpaired) electrons. The van der Waals surface area contributed by atoms with Gasteiger partial charge in [-0.05, 0) is 18.6 Å². The number of aromatic nitrogens is 1. The third-order valence-electron chi connectivity index (χ3n) is 2.52. The minimum Gasteiger partial charge on any atom is -0.477 e. The van der Waals surface area contributed by atoms with E-state index in [2.05, 4.69) is 0 Å². The average molecular weight is 196 g/mol. The van der Waals surface area contributed by atoms with Gasteiger partial charge in [-0.15, -0.1) is 0 Å². The molecule has 3 N–H and O–H groups in total. The first-order valence-corrected chi connectivity index (χ1v) is 4.58. The van der Waals surface area contributed by atoms with Crippen molar-refractivity contribution in [1.29, 1.82) is 0 Å². The Morgan fingerprint density at radius 1 is 1.71 bits per heavy atom. The predicted molar refractivity (Wildman–Crippen MR) is 54.6 cm³/mol. The molecular formula is C10H16N2O2. The van der Waals surface area contributed by atoms with Crippen LogP contribution in [0.2, 0.25) is 0 Å². The number of aromatic carboxylic acids is 1. The lowest BCUT2D eigenvalue weighted by Crippen LogP contribution is -2.15. The number of rotatable bonds is 3. The summed E-state index contributed by atoms with van der Waals surface area (Å²) in [6.45, 7) is 4.43. The highest BCUT2D eigenvalue weighted by molar-refractivity contribution is 5.86. The fourth-order valence-electron chi connectivity index (χ4n) is 1.81. The summed E-state index contributed by atoms with van der Waals surface area (Å²) in [4.78, 5) is 10.8. The number of nitrogens with zero attached hydrogens (tertiary/aromatic N) is 1. The van der Waals surface area contributed by atoms with Crippen molar-refractivity contribution in [2.75, 3.05) is 6.54 Å². The molecule has 1 aromatic heterocycles. The van der Waals surface area contributed by atoms with Crippen LogP contribution < -0.4 is 5.73 Å². The van der Waals surface area contributed by atoms with E-state index in [4.69, 9.17) is 10.8 Å². The van der Waals surface area contributed by atoms with E-state index >= 15 is 0 Å². The Labute approximate surface area is 83.3 Å². The molecule has 0 aliphatic rings. The van der Waals surface area contributed by atoms with Crippen molar-refractivity contribution in [1.82, 2.24) is 4.57 Å². The quantitative estimate of drug-likeness (QED) is 0.760. The summed E-state index contributed by atoms with van der Waals surface area (Å²) in [5, 5.41) is 8.91. The summed E-state index contributed by atoms with van der Waals surface area (Å²) in [7, 11) is 1.76. The smallest absolute Gasteiger partial charge is 0.352 e. The van der Waals surface area contributed by atoms with Crippen LogP contribution in [0.25, 0.3) is 0 Å². The zero-order chi connectivity index (χ0) is 10.9. The fraction of sp³-hybridized carbons (Fsp3) is 0.500. The molecule has 0 aliphatic carbocycles. The second-order valence-corrected chi connectivity index (χ2v) is 3.60. The Bertz CT molecular complexity index is 355. The molecule has 0 bridgehead atoms. The third kappa shape index (κ3) is 1.65. The van der Waals surface area contributed by atoms with Crippen molar-refractivity contribution in [2.45, 2.75) is 19.8 Å². The van der Waals surface area contributed by atoms with E-state index < -0.39 is 5.97 Å². The van der Waals surface area contributed by atoms with Gasteiger partial charge in [-0.25, -0.2) is 4.79 Å². The Morgan fingerprint density at radius 3 is 2.64 bits per heavy atom. The molecule has 1 atom stereocenters. The summed E-state index contributed by atoms with van der Waals surface area (Å²) in [5.74, 6) is -0.709. The standard InChI is InChI=1S/C10H16N2O2/c1-6-4-8(10(13)14)12(3)9(6)7(2)5-11/h4,7H,5,11H2,1-3H3,(H,13,14). The van der Waals surface area contributed by atoms with Gasteiger partial charge in [0.05, 0.1) is 0 Å². The lowest BCUT2D eigenvalue weighted by Gasteiger charge is -2.12. The molecule has 0 saturated heterocycles. The van der Waals surface area contributed by atoms with Crippen LogP contribution >= 0.6 is 0 Å². The number of carboxylic acid groups (broad SMARTS) is 1. The van der Waals surface area contributed by atoms with Crippen LogP contribution in [-0.2, 0) is 7.05 Å². The number of aryl methyl sites for hydroxylation is 1. The van der Waals surface area contributed by atoms with E-state index in [0.29, 0.717) is 12.2 Å². The maximum absolute atomic E-state index is 10.8. The van der Waals surface area contributed by atoms with Crippen LogP contribution in [-0.4, -0.2) is 22.2 Å². The van der Waals surface area contributed by atoms with Gasteiger partial charge in [0, 0.05) is 25.2 Å². The van der Waals surface area contributed by atoms with Crippen molar-refractivity contribution >= 4 is 5.97 Å². The van der Waals surface area contributed by atoms with E-state index in [1.165, 1.54) is 0 Å². The van der Waals surface area contributed by atoms with Crippen LogP contribution in [0, 0.1) is 6.92 Å². The van der Waals surface area contributed by atoms with Crippen LogP contribution in [0.4, 0.5) is 0 Å². The molecule has 0 aromatic carbocycles. The van der Waals surface area contributed by atoms with Gasteiger partial charge in [0.2, 0.25) is 0 Å². The zero-order valence-electron chi connectivity index (χ0n) is 8.74. The van der Waals surface area contributed by atoms with Crippen LogP contribution in [0.5, 0.6) is 0 Å². The molecule has 0 spiro atoms. The van der Waals surface area contributed by atoms with Crippen molar-refractivity contribution in [3.8, 4) is 0 Å². The highest BCUT2D eigenvalue weighted by atomic mass is 16.4. The molecular weight excluding hydrogens is 180 g/mol. The predicted octanol–water partition coefficient (Wildman–Crippen LogP) is 1.09. The maximum Gasteiger partial charge on any atom is 0.352 e. The Morgan fingerprint density at radius 2 is 2.29 bits per heavy atom. The van der Waals surface area contributed by atoms with E-state index in [9.17, 15) is 4.79 Å². The highest BCUT2D eigenvalue weighted by Gasteiger charge is 2.17. The molecule has 1 rings (SSSR count).